The maximum Gasteiger partial charge on any atom is 0.00128 e. The Morgan fingerprint density at radius 3 is 2.58 bits per heavy atom. The van der Waals surface area contributed by atoms with Gasteiger partial charge in [-0.1, -0.05) is 0 Å². The number of hydrogen-bond acceptors (Lipinski definition) is 2. The molecule has 0 saturated carbocycles. The first-order chi connectivity index (χ1) is 5.90. The van der Waals surface area contributed by atoms with Crippen LogP contribution in [0.1, 0.15) is 19.3 Å². The molecule has 0 amide bonds. The van der Waals surface area contributed by atoms with Crippen LogP contribution in [0.4, 0.5) is 0 Å². The lowest BCUT2D eigenvalue weighted by Crippen LogP contribution is -2.47. The standard InChI is InChI=1S/C10H20N2/c1-11-5-2-10-8-12-6-3-9(10)4-7-12/h9-11H,2-8H2,1H3. The molecule has 1 unspecified atom stereocenters. The van der Waals surface area contributed by atoms with Crippen molar-refractivity contribution in [1.82, 2.24) is 10.2 Å². The molecule has 70 valence electrons. The van der Waals surface area contributed by atoms with Crippen LogP contribution in [0.3, 0.4) is 0 Å². The molecule has 0 aromatic rings. The van der Waals surface area contributed by atoms with E-state index in [0.29, 0.717) is 0 Å². The molecule has 2 nitrogen and oxygen atoms in total. The summed E-state index contributed by atoms with van der Waals surface area (Å²) in [4.78, 5) is 2.64. The quantitative estimate of drug-likeness (QED) is 0.674. The minimum absolute atomic E-state index is 1.000. The van der Waals surface area contributed by atoms with Gasteiger partial charge in [0.1, 0.15) is 0 Å². The molecule has 3 fully saturated rings. The summed E-state index contributed by atoms with van der Waals surface area (Å²) in [7, 11) is 2.06. The van der Waals surface area contributed by atoms with Gasteiger partial charge in [-0.3, -0.25) is 0 Å². The SMILES string of the molecule is CNCCC1CN2CCC1CC2. The first-order valence-corrected chi connectivity index (χ1v) is 5.27. The van der Waals surface area contributed by atoms with Crippen molar-refractivity contribution in [2.24, 2.45) is 11.8 Å². The summed E-state index contributed by atoms with van der Waals surface area (Å²) in [5.74, 6) is 2.06. The van der Waals surface area contributed by atoms with E-state index in [4.69, 9.17) is 0 Å². The van der Waals surface area contributed by atoms with Crippen LogP contribution in [-0.4, -0.2) is 38.1 Å². The van der Waals surface area contributed by atoms with E-state index in [-0.39, 0.29) is 0 Å². The van der Waals surface area contributed by atoms with Gasteiger partial charge < -0.3 is 10.2 Å². The topological polar surface area (TPSA) is 15.3 Å². The van der Waals surface area contributed by atoms with Crippen LogP contribution in [0, 0.1) is 11.8 Å². The van der Waals surface area contributed by atoms with Crippen LogP contribution < -0.4 is 5.32 Å². The molecule has 2 bridgehead atoms. The van der Waals surface area contributed by atoms with Crippen LogP contribution >= 0.6 is 0 Å². The molecule has 3 aliphatic rings. The first-order valence-electron chi connectivity index (χ1n) is 5.27. The van der Waals surface area contributed by atoms with Crippen molar-refractivity contribution >= 4 is 0 Å². The highest BCUT2D eigenvalue weighted by Gasteiger charge is 2.33. The predicted octanol–water partition coefficient (Wildman–Crippen LogP) is 0.938. The summed E-state index contributed by atoms with van der Waals surface area (Å²) < 4.78 is 0. The summed E-state index contributed by atoms with van der Waals surface area (Å²) in [5, 5.41) is 3.26. The lowest BCUT2D eigenvalue weighted by atomic mass is 9.77. The summed E-state index contributed by atoms with van der Waals surface area (Å²) in [6, 6.07) is 0. The molecule has 12 heavy (non-hydrogen) atoms. The summed E-state index contributed by atoms with van der Waals surface area (Å²) in [6.07, 6.45) is 4.32. The molecule has 0 aliphatic carbocycles. The average Bonchev–Trinajstić information content (AvgIpc) is 2.17. The zero-order valence-corrected chi connectivity index (χ0v) is 8.05. The molecule has 2 heteroatoms. The minimum atomic E-state index is 1.000. The third-order valence-electron chi connectivity index (χ3n) is 3.56. The highest BCUT2D eigenvalue weighted by atomic mass is 15.1. The van der Waals surface area contributed by atoms with Gasteiger partial charge in [-0.2, -0.15) is 0 Å². The van der Waals surface area contributed by atoms with E-state index in [2.05, 4.69) is 17.3 Å². The van der Waals surface area contributed by atoms with Gasteiger partial charge in [0.05, 0.1) is 0 Å². The van der Waals surface area contributed by atoms with Gasteiger partial charge in [-0.05, 0) is 57.8 Å². The van der Waals surface area contributed by atoms with Crippen molar-refractivity contribution in [2.75, 3.05) is 33.2 Å². The zero-order chi connectivity index (χ0) is 8.39. The van der Waals surface area contributed by atoms with Crippen LogP contribution in [0.25, 0.3) is 0 Å². The second kappa shape index (κ2) is 3.75. The number of nitrogens with one attached hydrogen (secondary N) is 1. The first kappa shape index (κ1) is 8.52. The lowest BCUT2D eigenvalue weighted by Gasteiger charge is -2.45. The van der Waals surface area contributed by atoms with E-state index in [1.54, 1.807) is 0 Å². The number of piperidine rings is 3. The molecule has 3 saturated heterocycles. The maximum absolute atomic E-state index is 3.26. The van der Waals surface area contributed by atoms with Crippen molar-refractivity contribution in [3.8, 4) is 0 Å². The highest BCUT2D eigenvalue weighted by molar-refractivity contribution is 4.86. The van der Waals surface area contributed by atoms with Gasteiger partial charge >= 0.3 is 0 Å². The predicted molar refractivity (Wildman–Crippen MR) is 51.2 cm³/mol. The zero-order valence-electron chi connectivity index (χ0n) is 8.05. The summed E-state index contributed by atoms with van der Waals surface area (Å²) in [5.41, 5.74) is 0. The minimum Gasteiger partial charge on any atom is -0.320 e. The molecule has 0 aromatic carbocycles. The van der Waals surface area contributed by atoms with Crippen molar-refractivity contribution in [2.45, 2.75) is 19.3 Å². The number of fused-ring (bicyclic) bond motifs is 3. The number of hydrogen-bond donors (Lipinski definition) is 1. The molecule has 3 heterocycles. The highest BCUT2D eigenvalue weighted by Crippen LogP contribution is 2.33. The summed E-state index contributed by atoms with van der Waals surface area (Å²) >= 11 is 0. The third kappa shape index (κ3) is 1.64. The lowest BCUT2D eigenvalue weighted by molar-refractivity contribution is 0.0471. The van der Waals surface area contributed by atoms with Gasteiger partial charge in [0.25, 0.3) is 0 Å². The van der Waals surface area contributed by atoms with Gasteiger partial charge in [0, 0.05) is 6.54 Å². The van der Waals surface area contributed by atoms with Crippen LogP contribution in [0.2, 0.25) is 0 Å². The molecule has 0 radical (unpaired) electrons. The molecule has 3 rings (SSSR count). The Morgan fingerprint density at radius 1 is 1.33 bits per heavy atom. The largest absolute Gasteiger partial charge is 0.320 e. The third-order valence-corrected chi connectivity index (χ3v) is 3.56. The average molecular weight is 168 g/mol. The second-order valence-electron chi connectivity index (χ2n) is 4.29. The van der Waals surface area contributed by atoms with Gasteiger partial charge in [0.2, 0.25) is 0 Å². The monoisotopic (exact) mass is 168 g/mol. The van der Waals surface area contributed by atoms with E-state index in [0.717, 1.165) is 11.8 Å². The molecule has 0 aromatic heterocycles. The Morgan fingerprint density at radius 2 is 2.08 bits per heavy atom. The Balaban J connectivity index is 1.82. The van der Waals surface area contributed by atoms with Crippen LogP contribution in [-0.2, 0) is 0 Å². The summed E-state index contributed by atoms with van der Waals surface area (Å²) in [6.45, 7) is 5.34. The number of nitrogens with zero attached hydrogens (tertiary/aromatic N) is 1. The van der Waals surface area contributed by atoms with E-state index in [1.807, 2.05) is 0 Å². The van der Waals surface area contributed by atoms with Crippen LogP contribution in [0.15, 0.2) is 0 Å². The Hall–Kier alpha value is -0.0800. The van der Waals surface area contributed by atoms with E-state index >= 15 is 0 Å². The normalized spacial score (nSPS) is 40.2. The van der Waals surface area contributed by atoms with Crippen molar-refractivity contribution in [1.29, 1.82) is 0 Å². The number of rotatable bonds is 3. The Labute approximate surface area is 75.3 Å². The van der Waals surface area contributed by atoms with E-state index < -0.39 is 0 Å². The second-order valence-corrected chi connectivity index (χ2v) is 4.29. The Kier molecular flexibility index (Phi) is 2.66. The van der Waals surface area contributed by atoms with Gasteiger partial charge in [0.15, 0.2) is 0 Å². The molecule has 3 aliphatic heterocycles. The van der Waals surface area contributed by atoms with Crippen molar-refractivity contribution < 1.29 is 0 Å². The maximum atomic E-state index is 3.26. The Bertz CT molecular complexity index is 139. The fourth-order valence-corrected chi connectivity index (χ4v) is 2.74. The molecule has 1 atom stereocenters. The van der Waals surface area contributed by atoms with Crippen molar-refractivity contribution in [3.63, 3.8) is 0 Å². The van der Waals surface area contributed by atoms with Gasteiger partial charge in [-0.25, -0.2) is 0 Å². The molecular weight excluding hydrogens is 148 g/mol. The van der Waals surface area contributed by atoms with E-state index in [9.17, 15) is 0 Å². The van der Waals surface area contributed by atoms with E-state index in [1.165, 1.54) is 45.4 Å². The fraction of sp³-hybridized carbons (Fsp3) is 1.00. The van der Waals surface area contributed by atoms with Crippen LogP contribution in [0.5, 0.6) is 0 Å². The smallest absolute Gasteiger partial charge is 0.00128 e. The molecule has 0 spiro atoms. The molecular formula is C10H20N2. The van der Waals surface area contributed by atoms with Crippen molar-refractivity contribution in [3.05, 3.63) is 0 Å². The molecule has 1 N–H and O–H groups in total. The fourth-order valence-electron chi connectivity index (χ4n) is 2.74. The van der Waals surface area contributed by atoms with Gasteiger partial charge in [-0.15, -0.1) is 0 Å².